The summed E-state index contributed by atoms with van der Waals surface area (Å²) in [7, 11) is 0. The largest absolute Gasteiger partial charge is 0.481 e. The molecule has 1 N–H and O–H groups in total. The van der Waals surface area contributed by atoms with Gasteiger partial charge in [0.2, 0.25) is 0 Å². The fraction of sp³-hybridized carbons (Fsp3) is 0.316. The summed E-state index contributed by atoms with van der Waals surface area (Å²) >= 11 is 6.38. The van der Waals surface area contributed by atoms with Crippen LogP contribution < -0.4 is 0 Å². The van der Waals surface area contributed by atoms with Gasteiger partial charge in [0.25, 0.3) is 0 Å². The number of hydrogen-bond donors (Lipinski definition) is 1. The molecule has 3 nitrogen and oxygen atoms in total. The second-order valence-corrected chi connectivity index (χ2v) is 6.66. The normalized spacial score (nSPS) is 21.5. The minimum Gasteiger partial charge on any atom is -0.481 e. The van der Waals surface area contributed by atoms with E-state index in [0.717, 1.165) is 17.7 Å². The first kappa shape index (κ1) is 16.0. The highest BCUT2D eigenvalue weighted by Gasteiger charge is 2.39. The van der Waals surface area contributed by atoms with E-state index < -0.39 is 11.9 Å². The second-order valence-electron chi connectivity index (χ2n) is 6.26. The Kier molecular flexibility index (Phi) is 4.69. The molecule has 0 radical (unpaired) electrons. The molecule has 1 saturated heterocycles. The molecule has 3 rings (SSSR count). The van der Waals surface area contributed by atoms with Crippen molar-refractivity contribution in [3.63, 3.8) is 0 Å². The van der Waals surface area contributed by atoms with Crippen LogP contribution in [0.1, 0.15) is 22.6 Å². The Balaban J connectivity index is 1.83. The predicted molar refractivity (Wildman–Crippen MR) is 91.8 cm³/mol. The van der Waals surface area contributed by atoms with Gasteiger partial charge in [0.15, 0.2) is 0 Å². The van der Waals surface area contributed by atoms with E-state index in [-0.39, 0.29) is 5.92 Å². The van der Waals surface area contributed by atoms with Gasteiger partial charge < -0.3 is 5.11 Å². The van der Waals surface area contributed by atoms with Crippen molar-refractivity contribution in [3.8, 4) is 0 Å². The first-order valence-corrected chi connectivity index (χ1v) is 8.17. The summed E-state index contributed by atoms with van der Waals surface area (Å²) in [6.45, 7) is 4.03. The van der Waals surface area contributed by atoms with Gasteiger partial charge in [-0.15, -0.1) is 0 Å². The fourth-order valence-corrected chi connectivity index (χ4v) is 3.73. The highest BCUT2D eigenvalue weighted by molar-refractivity contribution is 6.31. The molecule has 4 heteroatoms. The SMILES string of the molecule is Cc1ccc(C2CN(Cc3ccccc3)CC2C(=O)O)c(Cl)c1. The third kappa shape index (κ3) is 3.57. The average molecular weight is 330 g/mol. The smallest absolute Gasteiger partial charge is 0.308 e. The Morgan fingerprint density at radius 2 is 1.96 bits per heavy atom. The van der Waals surface area contributed by atoms with E-state index >= 15 is 0 Å². The lowest BCUT2D eigenvalue weighted by molar-refractivity contribution is -0.141. The highest BCUT2D eigenvalue weighted by Crippen LogP contribution is 2.37. The molecule has 120 valence electrons. The van der Waals surface area contributed by atoms with Gasteiger partial charge in [0.1, 0.15) is 0 Å². The molecule has 2 aromatic carbocycles. The topological polar surface area (TPSA) is 40.5 Å². The van der Waals surface area contributed by atoms with E-state index in [1.54, 1.807) is 0 Å². The van der Waals surface area contributed by atoms with Gasteiger partial charge in [-0.1, -0.05) is 54.1 Å². The lowest BCUT2D eigenvalue weighted by atomic mass is 9.88. The molecular weight excluding hydrogens is 310 g/mol. The van der Waals surface area contributed by atoms with Crippen molar-refractivity contribution < 1.29 is 9.90 Å². The molecule has 1 heterocycles. The van der Waals surface area contributed by atoms with Crippen LogP contribution in [0.25, 0.3) is 0 Å². The van der Waals surface area contributed by atoms with Gasteiger partial charge in [-0.05, 0) is 29.7 Å². The van der Waals surface area contributed by atoms with Crippen LogP contribution >= 0.6 is 11.6 Å². The second kappa shape index (κ2) is 6.73. The molecule has 2 atom stereocenters. The molecule has 0 aliphatic carbocycles. The van der Waals surface area contributed by atoms with Gasteiger partial charge >= 0.3 is 5.97 Å². The number of rotatable bonds is 4. The van der Waals surface area contributed by atoms with E-state index in [0.29, 0.717) is 18.1 Å². The van der Waals surface area contributed by atoms with Crippen LogP contribution in [0, 0.1) is 12.8 Å². The van der Waals surface area contributed by atoms with Crippen molar-refractivity contribution in [1.29, 1.82) is 0 Å². The first-order chi connectivity index (χ1) is 11.0. The molecule has 2 unspecified atom stereocenters. The molecule has 0 saturated carbocycles. The number of halogens is 1. The summed E-state index contributed by atoms with van der Waals surface area (Å²) in [5.74, 6) is -1.23. The van der Waals surface area contributed by atoms with E-state index in [9.17, 15) is 9.90 Å². The predicted octanol–water partition coefficient (Wildman–Crippen LogP) is 3.95. The zero-order valence-electron chi connectivity index (χ0n) is 13.1. The zero-order valence-corrected chi connectivity index (χ0v) is 13.8. The molecule has 0 aromatic heterocycles. The molecule has 23 heavy (non-hydrogen) atoms. The van der Waals surface area contributed by atoms with Crippen LogP contribution in [0.2, 0.25) is 5.02 Å². The summed E-state index contributed by atoms with van der Waals surface area (Å²) in [4.78, 5) is 13.9. The number of aryl methyl sites for hydroxylation is 1. The van der Waals surface area contributed by atoms with Crippen molar-refractivity contribution in [3.05, 3.63) is 70.2 Å². The molecular formula is C19H20ClNO2. The highest BCUT2D eigenvalue weighted by atomic mass is 35.5. The maximum atomic E-state index is 11.7. The molecule has 1 fully saturated rings. The number of hydrogen-bond acceptors (Lipinski definition) is 2. The van der Waals surface area contributed by atoms with Crippen molar-refractivity contribution in [2.45, 2.75) is 19.4 Å². The lowest BCUT2D eigenvalue weighted by Crippen LogP contribution is -2.23. The Morgan fingerprint density at radius 3 is 2.61 bits per heavy atom. The van der Waals surface area contributed by atoms with E-state index in [2.05, 4.69) is 17.0 Å². The van der Waals surface area contributed by atoms with Gasteiger partial charge in [0.05, 0.1) is 5.92 Å². The maximum absolute atomic E-state index is 11.7. The van der Waals surface area contributed by atoms with Gasteiger partial charge in [-0.25, -0.2) is 0 Å². The number of carboxylic acid groups (broad SMARTS) is 1. The van der Waals surface area contributed by atoms with Crippen LogP contribution in [-0.2, 0) is 11.3 Å². The minimum atomic E-state index is -0.748. The van der Waals surface area contributed by atoms with Crippen molar-refractivity contribution in [2.24, 2.45) is 5.92 Å². The number of likely N-dealkylation sites (tertiary alicyclic amines) is 1. The third-order valence-corrected chi connectivity index (χ3v) is 4.84. The van der Waals surface area contributed by atoms with E-state index in [1.165, 1.54) is 5.56 Å². The van der Waals surface area contributed by atoms with Crippen LogP contribution in [0.4, 0.5) is 0 Å². The minimum absolute atomic E-state index is 0.0655. The summed E-state index contributed by atoms with van der Waals surface area (Å²) in [6.07, 6.45) is 0. The summed E-state index contributed by atoms with van der Waals surface area (Å²) < 4.78 is 0. The Morgan fingerprint density at radius 1 is 1.22 bits per heavy atom. The van der Waals surface area contributed by atoms with Crippen LogP contribution in [0.5, 0.6) is 0 Å². The first-order valence-electron chi connectivity index (χ1n) is 7.79. The maximum Gasteiger partial charge on any atom is 0.308 e. The summed E-state index contributed by atoms with van der Waals surface area (Å²) in [5, 5.41) is 10.3. The number of benzene rings is 2. The number of carbonyl (C=O) groups is 1. The molecule has 1 aliphatic heterocycles. The van der Waals surface area contributed by atoms with Crippen molar-refractivity contribution in [1.82, 2.24) is 4.90 Å². The van der Waals surface area contributed by atoms with E-state index in [1.807, 2.05) is 43.3 Å². The molecule has 1 aliphatic rings. The Bertz CT molecular complexity index is 702. The lowest BCUT2D eigenvalue weighted by Gasteiger charge is -2.17. The number of carboxylic acids is 1. The standard InChI is InChI=1S/C19H20ClNO2/c1-13-7-8-15(18(20)9-13)16-11-21(12-17(16)19(22)23)10-14-5-3-2-4-6-14/h2-9,16-17H,10-12H2,1H3,(H,22,23). The van der Waals surface area contributed by atoms with E-state index in [4.69, 9.17) is 11.6 Å². The Labute approximate surface area is 141 Å². The average Bonchev–Trinajstić information content (AvgIpc) is 2.92. The molecule has 0 spiro atoms. The van der Waals surface area contributed by atoms with Crippen molar-refractivity contribution in [2.75, 3.05) is 13.1 Å². The molecule has 2 aromatic rings. The quantitative estimate of drug-likeness (QED) is 0.923. The van der Waals surface area contributed by atoms with Gasteiger partial charge in [-0.2, -0.15) is 0 Å². The number of aliphatic carboxylic acids is 1. The van der Waals surface area contributed by atoms with Crippen molar-refractivity contribution >= 4 is 17.6 Å². The van der Waals surface area contributed by atoms with Gasteiger partial charge in [0, 0.05) is 30.6 Å². The zero-order chi connectivity index (χ0) is 16.4. The molecule has 0 bridgehead atoms. The third-order valence-electron chi connectivity index (χ3n) is 4.52. The summed E-state index contributed by atoms with van der Waals surface area (Å²) in [5.41, 5.74) is 3.23. The van der Waals surface area contributed by atoms with Crippen LogP contribution in [0.15, 0.2) is 48.5 Å². The molecule has 0 amide bonds. The Hall–Kier alpha value is -1.84. The van der Waals surface area contributed by atoms with Gasteiger partial charge in [-0.3, -0.25) is 9.69 Å². The monoisotopic (exact) mass is 329 g/mol. The fourth-order valence-electron chi connectivity index (χ4n) is 3.35. The van der Waals surface area contributed by atoms with Crippen LogP contribution in [-0.4, -0.2) is 29.1 Å². The van der Waals surface area contributed by atoms with Crippen LogP contribution in [0.3, 0.4) is 0 Å². The summed E-state index contributed by atoms with van der Waals surface area (Å²) in [6, 6.07) is 16.0. The number of nitrogens with zero attached hydrogens (tertiary/aromatic N) is 1.